The molecule has 6 heterocycles. The number of anilines is 2. The molecule has 0 bridgehead atoms. The number of fused-ring (bicyclic) bond motifs is 3. The zero-order chi connectivity index (χ0) is 31.1. The summed E-state index contributed by atoms with van der Waals surface area (Å²) in [7, 11) is 1.71. The van der Waals surface area contributed by atoms with E-state index in [0.29, 0.717) is 92.8 Å². The van der Waals surface area contributed by atoms with E-state index in [-0.39, 0.29) is 29.2 Å². The fourth-order valence-electron chi connectivity index (χ4n) is 6.10. The summed E-state index contributed by atoms with van der Waals surface area (Å²) >= 11 is 0. The summed E-state index contributed by atoms with van der Waals surface area (Å²) in [5.74, 6) is 0.0198. The lowest BCUT2D eigenvalue weighted by atomic mass is 10.1. The SMILES string of the molecule is Cn1c(=O)n(CCN2CCN(c3ccc(C(=O)NCC4COCCN4)cc3F)CC2)c2nc(N)n3nc(-c4ccco4)cc3c21. The van der Waals surface area contributed by atoms with E-state index in [9.17, 15) is 9.59 Å². The lowest BCUT2D eigenvalue weighted by molar-refractivity contribution is 0.0734. The van der Waals surface area contributed by atoms with Crippen LogP contribution in [-0.2, 0) is 18.3 Å². The first kappa shape index (κ1) is 29.0. The zero-order valence-electron chi connectivity index (χ0n) is 24.9. The van der Waals surface area contributed by atoms with E-state index < -0.39 is 5.82 Å². The van der Waals surface area contributed by atoms with E-state index in [0.717, 1.165) is 6.54 Å². The van der Waals surface area contributed by atoms with Gasteiger partial charge in [-0.05, 0) is 36.4 Å². The first-order chi connectivity index (χ1) is 21.9. The van der Waals surface area contributed by atoms with Crippen LogP contribution < -0.4 is 27.0 Å². The molecule has 14 nitrogen and oxygen atoms in total. The molecule has 0 aliphatic carbocycles. The Balaban J connectivity index is 0.994. The number of nitrogen functional groups attached to an aromatic ring is 1. The van der Waals surface area contributed by atoms with Gasteiger partial charge in [-0.25, -0.2) is 9.18 Å². The predicted molar refractivity (Wildman–Crippen MR) is 166 cm³/mol. The third kappa shape index (κ3) is 5.54. The van der Waals surface area contributed by atoms with Crippen molar-refractivity contribution in [2.24, 2.45) is 7.05 Å². The molecule has 5 aromatic rings. The number of furan rings is 1. The smallest absolute Gasteiger partial charge is 0.330 e. The van der Waals surface area contributed by atoms with Crippen LogP contribution in [0.15, 0.2) is 51.9 Å². The number of nitrogens with one attached hydrogen (secondary N) is 2. The zero-order valence-corrected chi connectivity index (χ0v) is 24.9. The minimum atomic E-state index is -0.428. The second-order valence-corrected chi connectivity index (χ2v) is 11.4. The van der Waals surface area contributed by atoms with Crippen molar-refractivity contribution in [1.29, 1.82) is 0 Å². The average molecular weight is 619 g/mol. The van der Waals surface area contributed by atoms with Crippen LogP contribution >= 0.6 is 0 Å². The normalized spacial score (nSPS) is 17.8. The summed E-state index contributed by atoms with van der Waals surface area (Å²) in [4.78, 5) is 34.7. The Hall–Kier alpha value is -4.73. The Labute approximate surface area is 257 Å². The molecule has 2 aliphatic rings. The number of benzene rings is 1. The molecule has 1 unspecified atom stereocenters. The number of imidazole rings is 1. The van der Waals surface area contributed by atoms with Crippen LogP contribution in [0.2, 0.25) is 0 Å². The van der Waals surface area contributed by atoms with Crippen molar-refractivity contribution in [3.8, 4) is 11.5 Å². The maximum atomic E-state index is 15.1. The molecule has 236 valence electrons. The number of amides is 1. The van der Waals surface area contributed by atoms with Crippen LogP contribution in [0.1, 0.15) is 10.4 Å². The van der Waals surface area contributed by atoms with Gasteiger partial charge in [-0.1, -0.05) is 0 Å². The number of aromatic nitrogens is 5. The summed E-state index contributed by atoms with van der Waals surface area (Å²) in [6.07, 6.45) is 1.57. The number of halogens is 1. The maximum absolute atomic E-state index is 15.1. The van der Waals surface area contributed by atoms with Gasteiger partial charge >= 0.3 is 5.69 Å². The molecular formula is C30H35FN10O4. The van der Waals surface area contributed by atoms with E-state index in [2.05, 4.69) is 25.6 Å². The number of piperazine rings is 1. The first-order valence-electron chi connectivity index (χ1n) is 15.0. The highest BCUT2D eigenvalue weighted by molar-refractivity contribution is 5.94. The third-order valence-electron chi connectivity index (χ3n) is 8.55. The van der Waals surface area contributed by atoms with Crippen molar-refractivity contribution >= 4 is 34.2 Å². The summed E-state index contributed by atoms with van der Waals surface area (Å²) < 4.78 is 30.8. The molecule has 45 heavy (non-hydrogen) atoms. The largest absolute Gasteiger partial charge is 0.463 e. The van der Waals surface area contributed by atoms with Gasteiger partial charge < -0.3 is 30.4 Å². The standard InChI is InChI=1S/C30H35FN10O4/c1-37-26-24-16-22(25-3-2-13-45-25)36-41(24)29(32)35-27(26)40(30(37)43)12-9-38-7-10-39(11-8-38)23-5-4-19(15-21(23)31)28(42)34-17-20-18-44-14-6-33-20/h2-5,13,15-16,20,33H,6-12,14,17-18H2,1H3,(H2,32,35)(H,34,42). The number of nitrogens with zero attached hydrogens (tertiary/aromatic N) is 7. The molecule has 0 radical (unpaired) electrons. The highest BCUT2D eigenvalue weighted by Gasteiger charge is 2.24. The van der Waals surface area contributed by atoms with Crippen molar-refractivity contribution < 1.29 is 18.3 Å². The number of morpholine rings is 1. The van der Waals surface area contributed by atoms with Gasteiger partial charge in [-0.15, -0.1) is 0 Å². The van der Waals surface area contributed by atoms with Gasteiger partial charge in [-0.2, -0.15) is 14.6 Å². The minimum Gasteiger partial charge on any atom is -0.463 e. The van der Waals surface area contributed by atoms with Crippen LogP contribution in [-0.4, -0.2) is 99.6 Å². The van der Waals surface area contributed by atoms with Crippen molar-refractivity contribution in [2.45, 2.75) is 12.6 Å². The molecule has 7 rings (SSSR count). The molecule has 4 aromatic heterocycles. The van der Waals surface area contributed by atoms with Gasteiger partial charge in [-0.3, -0.25) is 18.8 Å². The first-order valence-corrected chi connectivity index (χ1v) is 15.0. The second kappa shape index (κ2) is 12.0. The minimum absolute atomic E-state index is 0.0469. The Morgan fingerprint density at radius 1 is 1.18 bits per heavy atom. The highest BCUT2D eigenvalue weighted by Crippen LogP contribution is 2.26. The molecule has 4 N–H and O–H groups in total. The van der Waals surface area contributed by atoms with Crippen molar-refractivity contribution in [1.82, 2.24) is 39.3 Å². The third-order valence-corrected chi connectivity index (χ3v) is 8.55. The fourth-order valence-corrected chi connectivity index (χ4v) is 6.10. The molecule has 1 amide bonds. The molecule has 0 spiro atoms. The number of hydrogen-bond donors (Lipinski definition) is 3. The Morgan fingerprint density at radius 2 is 2.02 bits per heavy atom. The van der Waals surface area contributed by atoms with Crippen LogP contribution in [0.3, 0.4) is 0 Å². The van der Waals surface area contributed by atoms with Gasteiger partial charge in [0.05, 0.1) is 30.7 Å². The summed E-state index contributed by atoms with van der Waals surface area (Å²) in [6, 6.07) is 10.1. The summed E-state index contributed by atoms with van der Waals surface area (Å²) in [6.45, 7) is 5.97. The van der Waals surface area contributed by atoms with E-state index in [1.165, 1.54) is 10.6 Å². The van der Waals surface area contributed by atoms with Crippen molar-refractivity contribution in [3.05, 3.63) is 64.5 Å². The highest BCUT2D eigenvalue weighted by atomic mass is 19.1. The van der Waals surface area contributed by atoms with Gasteiger partial charge in [0.1, 0.15) is 17.0 Å². The number of nitrogens with two attached hydrogens (primary N) is 1. The molecule has 1 aromatic carbocycles. The van der Waals surface area contributed by atoms with E-state index >= 15 is 4.39 Å². The molecule has 15 heteroatoms. The van der Waals surface area contributed by atoms with Crippen molar-refractivity contribution in [3.63, 3.8) is 0 Å². The lowest BCUT2D eigenvalue weighted by Crippen LogP contribution is -2.48. The molecular weight excluding hydrogens is 583 g/mol. The second-order valence-electron chi connectivity index (χ2n) is 11.4. The number of aryl methyl sites for hydroxylation is 1. The number of ether oxygens (including phenoxy) is 1. The Kier molecular flexibility index (Phi) is 7.73. The average Bonchev–Trinajstić information content (AvgIpc) is 3.80. The van der Waals surface area contributed by atoms with Gasteiger partial charge in [0.2, 0.25) is 5.95 Å². The van der Waals surface area contributed by atoms with Gasteiger partial charge in [0.15, 0.2) is 11.4 Å². The van der Waals surface area contributed by atoms with Crippen LogP contribution in [0, 0.1) is 5.82 Å². The van der Waals surface area contributed by atoms with E-state index in [1.807, 2.05) is 17.0 Å². The number of hydrogen-bond acceptors (Lipinski definition) is 10. The van der Waals surface area contributed by atoms with Crippen LogP contribution in [0.5, 0.6) is 0 Å². The lowest BCUT2D eigenvalue weighted by Gasteiger charge is -2.36. The van der Waals surface area contributed by atoms with Crippen LogP contribution in [0.4, 0.5) is 16.0 Å². The number of rotatable bonds is 8. The number of carbonyl (C=O) groups excluding carboxylic acids is 1. The molecule has 2 fully saturated rings. The summed E-state index contributed by atoms with van der Waals surface area (Å²) in [5, 5.41) is 10.7. The molecule has 2 aliphatic heterocycles. The predicted octanol–water partition coefficient (Wildman–Crippen LogP) is 0.904. The monoisotopic (exact) mass is 618 g/mol. The molecule has 2 saturated heterocycles. The van der Waals surface area contributed by atoms with Gasteiger partial charge in [0.25, 0.3) is 5.91 Å². The number of carbonyl (C=O) groups is 1. The quantitative estimate of drug-likeness (QED) is 0.229. The molecule has 0 saturated carbocycles. The van der Waals surface area contributed by atoms with E-state index in [1.54, 1.807) is 40.6 Å². The van der Waals surface area contributed by atoms with Gasteiger partial charge in [0, 0.05) is 71.0 Å². The Morgan fingerprint density at radius 3 is 2.76 bits per heavy atom. The van der Waals surface area contributed by atoms with Crippen molar-refractivity contribution in [2.75, 3.05) is 69.7 Å². The maximum Gasteiger partial charge on any atom is 0.330 e. The molecule has 1 atom stereocenters. The fraction of sp³-hybridized carbons (Fsp3) is 0.400. The summed E-state index contributed by atoms with van der Waals surface area (Å²) in [5.41, 5.74) is 9.21. The van der Waals surface area contributed by atoms with Crippen LogP contribution in [0.25, 0.3) is 28.1 Å². The topological polar surface area (TPSA) is 153 Å². The van der Waals surface area contributed by atoms with E-state index in [4.69, 9.17) is 14.9 Å². The Bertz CT molecular complexity index is 1900.